The fourth-order valence-corrected chi connectivity index (χ4v) is 5.22. The molecule has 0 unspecified atom stereocenters. The summed E-state index contributed by atoms with van der Waals surface area (Å²) in [4.78, 5) is 23.7. The second-order valence-electron chi connectivity index (χ2n) is 7.00. The van der Waals surface area contributed by atoms with Crippen LogP contribution in [0.5, 0.6) is 0 Å². The van der Waals surface area contributed by atoms with Gasteiger partial charge in [0.1, 0.15) is 0 Å². The summed E-state index contributed by atoms with van der Waals surface area (Å²) in [6, 6.07) is 2.92. The molecule has 4 aliphatic rings. The third kappa shape index (κ3) is 1.67. The van der Waals surface area contributed by atoms with Crippen LogP contribution >= 0.6 is 0 Å². The molecule has 106 valence electrons. The van der Waals surface area contributed by atoms with Gasteiger partial charge in [-0.3, -0.25) is 4.79 Å². The molecule has 4 aliphatic carbocycles. The number of aromatic carboxylic acids is 1. The molecule has 0 aromatic carbocycles. The average Bonchev–Trinajstić information content (AvgIpc) is 2.85. The van der Waals surface area contributed by atoms with Gasteiger partial charge in [0.15, 0.2) is 5.76 Å². The summed E-state index contributed by atoms with van der Waals surface area (Å²) < 4.78 is 5.25. The van der Waals surface area contributed by atoms with Gasteiger partial charge < -0.3 is 9.52 Å². The maximum atomic E-state index is 12.8. The van der Waals surface area contributed by atoms with Crippen LogP contribution in [0.25, 0.3) is 0 Å². The molecule has 1 heterocycles. The van der Waals surface area contributed by atoms with Gasteiger partial charge in [-0.1, -0.05) is 0 Å². The Hall–Kier alpha value is -1.58. The molecule has 4 heteroatoms. The van der Waals surface area contributed by atoms with E-state index in [1.807, 2.05) is 0 Å². The quantitative estimate of drug-likeness (QED) is 0.858. The summed E-state index contributed by atoms with van der Waals surface area (Å²) in [7, 11) is 0. The van der Waals surface area contributed by atoms with Crippen LogP contribution < -0.4 is 0 Å². The second-order valence-corrected chi connectivity index (χ2v) is 7.00. The van der Waals surface area contributed by atoms with Gasteiger partial charge in [-0.15, -0.1) is 0 Å². The highest BCUT2D eigenvalue weighted by Crippen LogP contribution is 2.60. The fraction of sp³-hybridized carbons (Fsp3) is 0.625. The Kier molecular flexibility index (Phi) is 2.41. The van der Waals surface area contributed by atoms with Gasteiger partial charge in [-0.05, 0) is 68.4 Å². The monoisotopic (exact) mass is 274 g/mol. The molecule has 20 heavy (non-hydrogen) atoms. The molecule has 1 aromatic rings. The Labute approximate surface area is 117 Å². The molecule has 4 bridgehead atoms. The molecule has 0 radical (unpaired) electrons. The van der Waals surface area contributed by atoms with Crippen molar-refractivity contribution in [2.75, 3.05) is 0 Å². The number of carbonyl (C=O) groups is 2. The van der Waals surface area contributed by atoms with Crippen LogP contribution in [0.1, 0.15) is 59.6 Å². The van der Waals surface area contributed by atoms with Crippen LogP contribution in [0.2, 0.25) is 0 Å². The predicted molar refractivity (Wildman–Crippen MR) is 70.6 cm³/mol. The first-order chi connectivity index (χ1) is 9.56. The third-order valence-electron chi connectivity index (χ3n) is 5.56. The number of ketones is 1. The molecule has 0 spiro atoms. The highest BCUT2D eigenvalue weighted by molar-refractivity contribution is 5.99. The molecule has 4 nitrogen and oxygen atoms in total. The number of Topliss-reactive ketones (excluding diaryl/α,β-unsaturated/α-hetero) is 1. The van der Waals surface area contributed by atoms with Crippen molar-refractivity contribution in [2.45, 2.75) is 38.5 Å². The summed E-state index contributed by atoms with van der Waals surface area (Å²) in [6.07, 6.45) is 6.77. The molecule has 0 amide bonds. The fourth-order valence-electron chi connectivity index (χ4n) is 5.22. The number of rotatable bonds is 3. The van der Waals surface area contributed by atoms with E-state index in [4.69, 9.17) is 9.52 Å². The first-order valence-electron chi connectivity index (χ1n) is 7.44. The maximum Gasteiger partial charge on any atom is 0.371 e. The summed E-state index contributed by atoms with van der Waals surface area (Å²) in [5, 5.41) is 8.91. The van der Waals surface area contributed by atoms with Crippen molar-refractivity contribution in [3.63, 3.8) is 0 Å². The molecule has 0 aliphatic heterocycles. The third-order valence-corrected chi connectivity index (χ3v) is 5.56. The number of hydrogen-bond acceptors (Lipinski definition) is 3. The number of carboxylic acids is 1. The van der Waals surface area contributed by atoms with E-state index in [2.05, 4.69) is 0 Å². The summed E-state index contributed by atoms with van der Waals surface area (Å²) in [5.41, 5.74) is -0.262. The SMILES string of the molecule is O=C(O)c1ccc(C(=O)C23CC4CC(CC(C4)C2)C3)o1. The van der Waals surface area contributed by atoms with E-state index < -0.39 is 5.97 Å². The molecule has 0 saturated heterocycles. The van der Waals surface area contributed by atoms with Crippen LogP contribution in [0.4, 0.5) is 0 Å². The summed E-state index contributed by atoms with van der Waals surface area (Å²) in [6.45, 7) is 0. The van der Waals surface area contributed by atoms with E-state index in [1.54, 1.807) is 0 Å². The predicted octanol–water partition coefficient (Wildman–Crippen LogP) is 3.38. The number of furan rings is 1. The Bertz CT molecular complexity index is 548. The van der Waals surface area contributed by atoms with E-state index in [9.17, 15) is 9.59 Å². The lowest BCUT2D eigenvalue weighted by molar-refractivity contribution is -0.0365. The van der Waals surface area contributed by atoms with Crippen molar-refractivity contribution in [3.8, 4) is 0 Å². The zero-order chi connectivity index (χ0) is 13.9. The minimum atomic E-state index is -1.12. The average molecular weight is 274 g/mol. The zero-order valence-electron chi connectivity index (χ0n) is 11.3. The van der Waals surface area contributed by atoms with E-state index >= 15 is 0 Å². The minimum absolute atomic E-state index is 0.0455. The van der Waals surface area contributed by atoms with Gasteiger partial charge in [0.05, 0.1) is 0 Å². The maximum absolute atomic E-state index is 12.8. The molecule has 5 rings (SSSR count). The van der Waals surface area contributed by atoms with Crippen LogP contribution in [-0.4, -0.2) is 16.9 Å². The van der Waals surface area contributed by atoms with Gasteiger partial charge in [0.25, 0.3) is 0 Å². The lowest BCUT2D eigenvalue weighted by atomic mass is 9.48. The molecule has 4 saturated carbocycles. The Morgan fingerprint density at radius 3 is 1.95 bits per heavy atom. The van der Waals surface area contributed by atoms with Gasteiger partial charge in [0.2, 0.25) is 11.5 Å². The summed E-state index contributed by atoms with van der Waals surface area (Å²) in [5.74, 6) is 1.11. The molecule has 1 N–H and O–H groups in total. The molecular weight excluding hydrogens is 256 g/mol. The minimum Gasteiger partial charge on any atom is -0.475 e. The van der Waals surface area contributed by atoms with Crippen molar-refractivity contribution in [1.82, 2.24) is 0 Å². The number of carboxylic acid groups (broad SMARTS) is 1. The van der Waals surface area contributed by atoms with Crippen molar-refractivity contribution < 1.29 is 19.1 Å². The Morgan fingerprint density at radius 2 is 1.50 bits per heavy atom. The second kappa shape index (κ2) is 3.96. The van der Waals surface area contributed by atoms with Crippen LogP contribution in [0, 0.1) is 23.2 Å². The zero-order valence-corrected chi connectivity index (χ0v) is 11.3. The van der Waals surface area contributed by atoms with E-state index in [0.29, 0.717) is 17.8 Å². The topological polar surface area (TPSA) is 67.5 Å². The van der Waals surface area contributed by atoms with E-state index in [-0.39, 0.29) is 22.7 Å². The summed E-state index contributed by atoms with van der Waals surface area (Å²) >= 11 is 0. The first kappa shape index (κ1) is 12.2. The van der Waals surface area contributed by atoms with E-state index in [1.165, 1.54) is 31.4 Å². The Balaban J connectivity index is 1.66. The standard InChI is InChI=1S/C16H18O4/c17-14(12-1-2-13(20-12)15(18)19)16-6-9-3-10(7-16)5-11(4-9)8-16/h1-2,9-11H,3-8H2,(H,18,19). The van der Waals surface area contributed by atoms with Gasteiger partial charge in [0, 0.05) is 5.41 Å². The van der Waals surface area contributed by atoms with Gasteiger partial charge in [-0.2, -0.15) is 0 Å². The smallest absolute Gasteiger partial charge is 0.371 e. The van der Waals surface area contributed by atoms with Gasteiger partial charge >= 0.3 is 5.97 Å². The van der Waals surface area contributed by atoms with Crippen LogP contribution in [0.15, 0.2) is 16.5 Å². The largest absolute Gasteiger partial charge is 0.475 e. The van der Waals surface area contributed by atoms with Crippen molar-refractivity contribution in [2.24, 2.45) is 23.2 Å². The highest BCUT2D eigenvalue weighted by Gasteiger charge is 2.55. The number of hydrogen-bond donors (Lipinski definition) is 1. The molecule has 1 aromatic heterocycles. The number of carbonyl (C=O) groups excluding carboxylic acids is 1. The molecule has 0 atom stereocenters. The van der Waals surface area contributed by atoms with Crippen molar-refractivity contribution >= 4 is 11.8 Å². The van der Waals surface area contributed by atoms with Crippen molar-refractivity contribution in [3.05, 3.63) is 23.7 Å². The lowest BCUT2D eigenvalue weighted by Crippen LogP contribution is -2.49. The van der Waals surface area contributed by atoms with Gasteiger partial charge in [-0.25, -0.2) is 4.79 Å². The van der Waals surface area contributed by atoms with Crippen LogP contribution in [0.3, 0.4) is 0 Å². The molecule has 4 fully saturated rings. The van der Waals surface area contributed by atoms with E-state index in [0.717, 1.165) is 19.3 Å². The normalized spacial score (nSPS) is 38.1. The Morgan fingerprint density at radius 1 is 1.00 bits per heavy atom. The highest BCUT2D eigenvalue weighted by atomic mass is 16.4. The van der Waals surface area contributed by atoms with Crippen molar-refractivity contribution in [1.29, 1.82) is 0 Å². The first-order valence-corrected chi connectivity index (χ1v) is 7.44. The van der Waals surface area contributed by atoms with Crippen LogP contribution in [-0.2, 0) is 0 Å². The lowest BCUT2D eigenvalue weighted by Gasteiger charge is -2.55. The molecular formula is C16H18O4.